The third-order valence-corrected chi connectivity index (χ3v) is 3.97. The van der Waals surface area contributed by atoms with E-state index in [0.29, 0.717) is 18.8 Å². The monoisotopic (exact) mass is 324 g/mol. The van der Waals surface area contributed by atoms with Crippen LogP contribution in [0.25, 0.3) is 0 Å². The Morgan fingerprint density at radius 3 is 2.86 bits per heavy atom. The summed E-state index contributed by atoms with van der Waals surface area (Å²) in [5, 5.41) is 19.5. The van der Waals surface area contributed by atoms with Crippen molar-refractivity contribution in [3.8, 4) is 0 Å². The number of halogens is 1. The highest BCUT2D eigenvalue weighted by Crippen LogP contribution is 2.34. The summed E-state index contributed by atoms with van der Waals surface area (Å²) in [4.78, 5) is 25.0. The van der Waals surface area contributed by atoms with E-state index in [9.17, 15) is 9.59 Å². The molecule has 2 atom stereocenters. The van der Waals surface area contributed by atoms with Gasteiger partial charge in [-0.15, -0.1) is 0 Å². The molecule has 2 aromatic heterocycles. The quantitative estimate of drug-likeness (QED) is 0.878. The number of carboxylic acid groups (broad SMARTS) is 1. The number of H-pyrrole nitrogens is 1. The number of hydrogen-bond acceptors (Lipinski definition) is 5. The van der Waals surface area contributed by atoms with Crippen molar-refractivity contribution in [2.75, 3.05) is 13.1 Å². The van der Waals surface area contributed by atoms with Gasteiger partial charge in [-0.25, -0.2) is 0 Å². The van der Waals surface area contributed by atoms with Gasteiger partial charge in [0.15, 0.2) is 11.0 Å². The van der Waals surface area contributed by atoms with Crippen LogP contribution in [-0.2, 0) is 4.79 Å². The minimum atomic E-state index is -0.908. The molecule has 0 unspecified atom stereocenters. The van der Waals surface area contributed by atoms with Gasteiger partial charge < -0.3 is 14.4 Å². The van der Waals surface area contributed by atoms with Crippen molar-refractivity contribution in [2.24, 2.45) is 5.92 Å². The molecule has 0 saturated carbocycles. The molecule has 8 nitrogen and oxygen atoms in total. The van der Waals surface area contributed by atoms with Crippen LogP contribution in [-0.4, -0.2) is 50.4 Å². The number of aliphatic carboxylic acids is 1. The minimum Gasteiger partial charge on any atom is -0.481 e. The summed E-state index contributed by atoms with van der Waals surface area (Å²) >= 11 is 5.68. The van der Waals surface area contributed by atoms with Crippen LogP contribution in [0.4, 0.5) is 0 Å². The predicted molar refractivity (Wildman–Crippen MR) is 74.5 cm³/mol. The lowest BCUT2D eigenvalue weighted by Crippen LogP contribution is -2.28. The van der Waals surface area contributed by atoms with Crippen molar-refractivity contribution in [1.29, 1.82) is 0 Å². The number of furan rings is 1. The highest BCUT2D eigenvalue weighted by atomic mass is 35.5. The lowest BCUT2D eigenvalue weighted by atomic mass is 9.91. The number of likely N-dealkylation sites (tertiary alicyclic amines) is 1. The summed E-state index contributed by atoms with van der Waals surface area (Å²) < 4.78 is 5.12. The first-order valence-electron chi connectivity index (χ1n) is 6.66. The van der Waals surface area contributed by atoms with Crippen LogP contribution in [0.5, 0.6) is 0 Å². The number of aromatic nitrogens is 3. The maximum atomic E-state index is 12.4. The average Bonchev–Trinajstić information content (AvgIpc) is 3.16. The Labute approximate surface area is 130 Å². The zero-order chi connectivity index (χ0) is 15.7. The molecule has 1 fully saturated rings. The molecule has 1 aliphatic heterocycles. The van der Waals surface area contributed by atoms with E-state index in [1.54, 1.807) is 11.1 Å². The first-order valence-corrected chi connectivity index (χ1v) is 7.04. The highest BCUT2D eigenvalue weighted by Gasteiger charge is 2.39. The average molecular weight is 325 g/mol. The molecule has 3 rings (SSSR count). The summed E-state index contributed by atoms with van der Waals surface area (Å²) in [6.45, 7) is 0.683. The fourth-order valence-corrected chi connectivity index (χ4v) is 2.92. The Balaban J connectivity index is 1.80. The number of nitrogens with zero attached hydrogens (tertiary/aromatic N) is 3. The van der Waals surface area contributed by atoms with Crippen LogP contribution in [0.1, 0.15) is 28.6 Å². The summed E-state index contributed by atoms with van der Waals surface area (Å²) in [5.74, 6) is -1.48. The van der Waals surface area contributed by atoms with Crippen molar-refractivity contribution in [3.63, 3.8) is 0 Å². The van der Waals surface area contributed by atoms with Gasteiger partial charge in [0, 0.05) is 19.0 Å². The Hall–Kier alpha value is -2.35. The van der Waals surface area contributed by atoms with Gasteiger partial charge >= 0.3 is 5.97 Å². The van der Waals surface area contributed by atoms with E-state index >= 15 is 0 Å². The highest BCUT2D eigenvalue weighted by molar-refractivity contribution is 6.29. The molecule has 9 heteroatoms. The van der Waals surface area contributed by atoms with Crippen LogP contribution < -0.4 is 0 Å². The first-order chi connectivity index (χ1) is 10.5. The standard InChI is InChI=1S/C13H13ClN4O4/c14-11-2-1-10(22-11)13(21)18-5-7(3-12(19)20)8(6-18)9-4-15-17-16-9/h1-2,4,7-8H,3,5-6H2,(H,19,20)(H,15,16,17)/t7-,8+/m0/s1. The van der Waals surface area contributed by atoms with E-state index in [1.807, 2.05) is 0 Å². The molecule has 22 heavy (non-hydrogen) atoms. The van der Waals surface area contributed by atoms with Gasteiger partial charge in [0.05, 0.1) is 18.3 Å². The van der Waals surface area contributed by atoms with Crippen LogP contribution in [0.15, 0.2) is 22.7 Å². The summed E-state index contributed by atoms with van der Waals surface area (Å²) in [6, 6.07) is 3.00. The molecular formula is C13H13ClN4O4. The molecule has 0 spiro atoms. The largest absolute Gasteiger partial charge is 0.481 e. The fourth-order valence-electron chi connectivity index (χ4n) is 2.78. The lowest BCUT2D eigenvalue weighted by Gasteiger charge is -2.14. The number of hydrogen-bond donors (Lipinski definition) is 2. The van der Waals surface area contributed by atoms with Gasteiger partial charge in [0.1, 0.15) is 0 Å². The van der Waals surface area contributed by atoms with E-state index < -0.39 is 5.97 Å². The smallest absolute Gasteiger partial charge is 0.303 e. The summed E-state index contributed by atoms with van der Waals surface area (Å²) in [6.07, 6.45) is 1.51. The molecule has 116 valence electrons. The summed E-state index contributed by atoms with van der Waals surface area (Å²) in [5.41, 5.74) is 0.652. The van der Waals surface area contributed by atoms with E-state index in [-0.39, 0.29) is 35.1 Å². The number of amides is 1. The second-order valence-corrected chi connectivity index (χ2v) is 5.55. The molecular weight excluding hydrogens is 312 g/mol. The van der Waals surface area contributed by atoms with Crippen LogP contribution >= 0.6 is 11.6 Å². The van der Waals surface area contributed by atoms with Crippen LogP contribution in [0.2, 0.25) is 5.22 Å². The Morgan fingerprint density at radius 2 is 2.27 bits per heavy atom. The Morgan fingerprint density at radius 1 is 1.45 bits per heavy atom. The molecule has 2 aromatic rings. The second-order valence-electron chi connectivity index (χ2n) is 5.17. The number of carboxylic acids is 1. The van der Waals surface area contributed by atoms with Crippen molar-refractivity contribution in [2.45, 2.75) is 12.3 Å². The van der Waals surface area contributed by atoms with E-state index in [2.05, 4.69) is 15.4 Å². The third kappa shape index (κ3) is 2.82. The normalized spacial score (nSPS) is 21.2. The van der Waals surface area contributed by atoms with Gasteiger partial charge in [-0.1, -0.05) is 0 Å². The molecule has 0 aromatic carbocycles. The number of carbonyl (C=O) groups is 2. The predicted octanol–water partition coefficient (Wildman–Crippen LogP) is 1.38. The number of rotatable bonds is 4. The molecule has 0 bridgehead atoms. The van der Waals surface area contributed by atoms with Gasteiger partial charge in [0.25, 0.3) is 5.91 Å². The van der Waals surface area contributed by atoms with Crippen molar-refractivity contribution in [3.05, 3.63) is 35.0 Å². The molecule has 0 radical (unpaired) electrons. The van der Waals surface area contributed by atoms with Crippen molar-refractivity contribution < 1.29 is 19.1 Å². The third-order valence-electron chi connectivity index (χ3n) is 3.76. The Kier molecular flexibility index (Phi) is 3.84. The van der Waals surface area contributed by atoms with Gasteiger partial charge in [-0.05, 0) is 29.7 Å². The van der Waals surface area contributed by atoms with Crippen LogP contribution in [0, 0.1) is 5.92 Å². The summed E-state index contributed by atoms with van der Waals surface area (Å²) in [7, 11) is 0. The maximum Gasteiger partial charge on any atom is 0.303 e. The zero-order valence-corrected chi connectivity index (χ0v) is 12.2. The van der Waals surface area contributed by atoms with E-state index in [4.69, 9.17) is 21.1 Å². The number of nitrogens with one attached hydrogen (secondary N) is 1. The second kappa shape index (κ2) is 5.80. The van der Waals surface area contributed by atoms with Gasteiger partial charge in [0.2, 0.25) is 0 Å². The van der Waals surface area contributed by atoms with Crippen molar-refractivity contribution >= 4 is 23.5 Å². The molecule has 1 saturated heterocycles. The number of aromatic amines is 1. The number of carbonyl (C=O) groups excluding carboxylic acids is 1. The topological polar surface area (TPSA) is 112 Å². The molecule has 0 aliphatic carbocycles. The SMILES string of the molecule is O=C(O)C[C@H]1CN(C(=O)c2ccc(Cl)o2)C[C@H]1c1cn[nH]n1. The minimum absolute atomic E-state index is 0.0415. The molecule has 2 N–H and O–H groups in total. The van der Waals surface area contributed by atoms with E-state index in [1.165, 1.54) is 12.1 Å². The Bertz CT molecular complexity index is 684. The first kappa shape index (κ1) is 14.6. The van der Waals surface area contributed by atoms with Gasteiger partial charge in [-0.3, -0.25) is 9.59 Å². The van der Waals surface area contributed by atoms with Crippen molar-refractivity contribution in [1.82, 2.24) is 20.3 Å². The maximum absolute atomic E-state index is 12.4. The van der Waals surface area contributed by atoms with Gasteiger partial charge in [-0.2, -0.15) is 15.4 Å². The zero-order valence-electron chi connectivity index (χ0n) is 11.4. The van der Waals surface area contributed by atoms with E-state index in [0.717, 1.165) is 0 Å². The lowest BCUT2D eigenvalue weighted by molar-refractivity contribution is -0.138. The molecule has 1 amide bonds. The molecule has 1 aliphatic rings. The fraction of sp³-hybridized carbons (Fsp3) is 0.385. The molecule has 3 heterocycles. The van der Waals surface area contributed by atoms with Crippen LogP contribution in [0.3, 0.4) is 0 Å².